The van der Waals surface area contributed by atoms with Gasteiger partial charge in [-0.15, -0.1) is 0 Å². The molecule has 0 radical (unpaired) electrons. The molecule has 20 nitrogen and oxygen atoms in total. The summed E-state index contributed by atoms with van der Waals surface area (Å²) in [4.78, 5) is 11.8. The standard InChI is InChI=1S/C17H30O20S3.4Na/c1-29-11-12(30-2)14(31-3)17(36-13(11)15(18)19)35-9-7(6-38(20,21)22)10(37-40(26,27)28)16(32-4)34-8(9)5-33-39(23,24)25;;;;/h7-14,16-17H,5-6H2,1-4H3,(H,18,19)(H,20,21,22)(H,23,24,25)(H,26,27,28);;;;/q;4*+1/p-4/t7-,8+,9-,10+,11-,12-,13-,14+,16-,17+;;;;/m0..../s1. The number of hydrogen-bond acceptors (Lipinski definition) is 20. The molecule has 0 N–H and O–H groups in total. The van der Waals surface area contributed by atoms with Gasteiger partial charge in [-0.05, 0) is 0 Å². The van der Waals surface area contributed by atoms with Crippen LogP contribution in [0.2, 0.25) is 0 Å². The molecule has 2 aliphatic heterocycles. The zero-order chi connectivity index (χ0) is 30.6. The average molecular weight is 739 g/mol. The summed E-state index contributed by atoms with van der Waals surface area (Å²) in [5, 5.41) is 11.8. The van der Waals surface area contributed by atoms with Gasteiger partial charge in [0.2, 0.25) is 20.8 Å². The molecule has 0 bridgehead atoms. The van der Waals surface area contributed by atoms with Crippen molar-refractivity contribution in [3.8, 4) is 0 Å². The molecule has 2 saturated heterocycles. The summed E-state index contributed by atoms with van der Waals surface area (Å²) in [5.74, 6) is -5.40. The SMILES string of the molecule is CO[C@H]1O[C@H](COS(=O)(=O)[O-])[C@@H](O[C@@H]2O[C@H](C(=O)[O-])[C@@H](OC)[C@H](OC)[C@H]2OC)[C@H](CS(=O)(=O)[O-])[C@H]1OS(=O)(=O)[O-].[Na+].[Na+].[Na+].[Na+]. The van der Waals surface area contributed by atoms with E-state index in [1.54, 1.807) is 0 Å². The van der Waals surface area contributed by atoms with E-state index in [2.05, 4.69) is 8.37 Å². The molecule has 10 atom stereocenters. The van der Waals surface area contributed by atoms with Crippen LogP contribution in [0.4, 0.5) is 0 Å². The number of carbonyl (C=O) groups is 1. The van der Waals surface area contributed by atoms with E-state index in [4.69, 9.17) is 33.2 Å². The second-order valence-electron chi connectivity index (χ2n) is 8.27. The largest absolute Gasteiger partial charge is 1.00 e. The van der Waals surface area contributed by atoms with E-state index < -0.39 is 110 Å². The minimum atomic E-state index is -5.64. The van der Waals surface area contributed by atoms with Crippen LogP contribution in [0.1, 0.15) is 0 Å². The Hall–Kier alpha value is 2.84. The van der Waals surface area contributed by atoms with Crippen molar-refractivity contribution in [1.29, 1.82) is 0 Å². The number of rotatable bonds is 14. The molecule has 2 fully saturated rings. The second kappa shape index (κ2) is 21.9. The molecule has 2 rings (SSSR count). The molecular weight excluding hydrogens is 712 g/mol. The van der Waals surface area contributed by atoms with Gasteiger partial charge in [0, 0.05) is 40.1 Å². The van der Waals surface area contributed by atoms with Crippen LogP contribution in [0.25, 0.3) is 0 Å². The van der Waals surface area contributed by atoms with Crippen molar-refractivity contribution >= 4 is 36.9 Å². The molecule has 0 aromatic carbocycles. The van der Waals surface area contributed by atoms with Crippen molar-refractivity contribution < 1.29 is 209 Å². The van der Waals surface area contributed by atoms with Crippen molar-refractivity contribution in [2.45, 2.75) is 55.3 Å². The molecule has 236 valence electrons. The van der Waals surface area contributed by atoms with Gasteiger partial charge < -0.3 is 56.7 Å². The summed E-state index contributed by atoms with van der Waals surface area (Å²) in [6.07, 6.45) is -16.0. The van der Waals surface area contributed by atoms with Crippen LogP contribution in [0.3, 0.4) is 0 Å². The molecule has 44 heavy (non-hydrogen) atoms. The Bertz CT molecular complexity index is 1190. The average Bonchev–Trinajstić information content (AvgIpc) is 2.82. The third-order valence-electron chi connectivity index (χ3n) is 5.86. The predicted molar refractivity (Wildman–Crippen MR) is 115 cm³/mol. The fraction of sp³-hybridized carbons (Fsp3) is 0.941. The summed E-state index contributed by atoms with van der Waals surface area (Å²) in [7, 11) is -12.1. The fourth-order valence-corrected chi connectivity index (χ4v) is 6.03. The quantitative estimate of drug-likeness (QED) is 0.0907. The van der Waals surface area contributed by atoms with E-state index in [0.29, 0.717) is 0 Å². The van der Waals surface area contributed by atoms with Crippen molar-refractivity contribution in [2.24, 2.45) is 5.92 Å². The molecule has 2 heterocycles. The minimum Gasteiger partial charge on any atom is -0.748 e. The maximum atomic E-state index is 11.8. The normalized spacial score (nSPS) is 32.6. The maximum absolute atomic E-state index is 11.8. The van der Waals surface area contributed by atoms with Crippen molar-refractivity contribution in [3.05, 3.63) is 0 Å². The minimum absolute atomic E-state index is 0. The Labute approximate surface area is 343 Å². The number of carboxylic acids is 1. The van der Waals surface area contributed by atoms with Gasteiger partial charge in [-0.1, -0.05) is 0 Å². The number of aliphatic carboxylic acids is 1. The van der Waals surface area contributed by atoms with E-state index in [1.807, 2.05) is 0 Å². The zero-order valence-electron chi connectivity index (χ0n) is 25.1. The Morgan fingerprint density at radius 3 is 1.59 bits per heavy atom. The Balaban J connectivity index is -0.00000420. The molecular formula is C17H26Na4O20S3. The van der Waals surface area contributed by atoms with Gasteiger partial charge in [-0.2, -0.15) is 0 Å². The first-order chi connectivity index (χ1) is 18.4. The van der Waals surface area contributed by atoms with Crippen LogP contribution < -0.4 is 123 Å². The number of carbonyl (C=O) groups excluding carboxylic acids is 1. The van der Waals surface area contributed by atoms with Crippen LogP contribution in [0, 0.1) is 5.92 Å². The maximum Gasteiger partial charge on any atom is 1.00 e. The van der Waals surface area contributed by atoms with Crippen molar-refractivity contribution in [3.63, 3.8) is 0 Å². The third kappa shape index (κ3) is 15.4. The van der Waals surface area contributed by atoms with Crippen LogP contribution in [-0.4, -0.2) is 141 Å². The van der Waals surface area contributed by atoms with Gasteiger partial charge >= 0.3 is 118 Å². The smallest absolute Gasteiger partial charge is 0.748 e. The van der Waals surface area contributed by atoms with Gasteiger partial charge in [0.15, 0.2) is 12.6 Å². The Kier molecular flexibility index (Phi) is 25.5. The summed E-state index contributed by atoms with van der Waals surface area (Å²) in [5.41, 5.74) is 0. The first kappa shape index (κ1) is 51.2. The van der Waals surface area contributed by atoms with E-state index in [0.717, 1.165) is 28.4 Å². The topological polar surface area (TPSA) is 295 Å². The first-order valence-corrected chi connectivity index (χ1v) is 15.1. The van der Waals surface area contributed by atoms with Crippen LogP contribution in [-0.2, 0) is 77.2 Å². The van der Waals surface area contributed by atoms with Gasteiger partial charge in [0.1, 0.15) is 36.6 Å². The number of hydrogen-bond donors (Lipinski definition) is 0. The van der Waals surface area contributed by atoms with Crippen LogP contribution >= 0.6 is 0 Å². The summed E-state index contributed by atoms with van der Waals surface area (Å²) in [6.45, 7) is -1.23. The van der Waals surface area contributed by atoms with Gasteiger partial charge in [0.05, 0.1) is 28.8 Å². The van der Waals surface area contributed by atoms with Gasteiger partial charge in [-0.25, -0.2) is 25.3 Å². The van der Waals surface area contributed by atoms with Gasteiger partial charge in [0.25, 0.3) is 0 Å². The summed E-state index contributed by atoms with van der Waals surface area (Å²) in [6, 6.07) is 0. The molecule has 0 aromatic rings. The fourth-order valence-electron chi connectivity index (χ4n) is 4.37. The van der Waals surface area contributed by atoms with E-state index in [-0.39, 0.29) is 118 Å². The number of carboxylic acid groups (broad SMARTS) is 1. The molecule has 27 heteroatoms. The van der Waals surface area contributed by atoms with Crippen molar-refractivity contribution in [2.75, 3.05) is 40.8 Å². The molecule has 2 aliphatic rings. The number of ether oxygens (including phenoxy) is 7. The molecule has 0 aromatic heterocycles. The monoisotopic (exact) mass is 738 g/mol. The Morgan fingerprint density at radius 2 is 1.20 bits per heavy atom. The van der Waals surface area contributed by atoms with Crippen molar-refractivity contribution in [1.82, 2.24) is 0 Å². The molecule has 0 aliphatic carbocycles. The molecule has 0 amide bonds. The van der Waals surface area contributed by atoms with E-state index in [1.165, 1.54) is 0 Å². The Morgan fingerprint density at radius 1 is 0.682 bits per heavy atom. The molecule has 0 unspecified atom stereocenters. The zero-order valence-corrected chi connectivity index (χ0v) is 35.5. The summed E-state index contributed by atoms with van der Waals surface area (Å²) < 4.78 is 148. The number of methoxy groups -OCH3 is 4. The predicted octanol–water partition coefficient (Wildman–Crippen LogP) is -17.2. The van der Waals surface area contributed by atoms with Crippen LogP contribution in [0.5, 0.6) is 0 Å². The van der Waals surface area contributed by atoms with E-state index in [9.17, 15) is 48.8 Å². The third-order valence-corrected chi connectivity index (χ3v) is 7.53. The molecule has 0 saturated carbocycles. The summed E-state index contributed by atoms with van der Waals surface area (Å²) >= 11 is 0. The van der Waals surface area contributed by atoms with E-state index >= 15 is 0 Å². The second-order valence-corrected chi connectivity index (χ2v) is 11.8. The molecule has 0 spiro atoms. The first-order valence-electron chi connectivity index (χ1n) is 10.8. The van der Waals surface area contributed by atoms with Gasteiger partial charge in [-0.3, -0.25) is 8.37 Å². The van der Waals surface area contributed by atoms with Crippen LogP contribution in [0.15, 0.2) is 0 Å².